The highest BCUT2D eigenvalue weighted by atomic mass is 32.1. The molecule has 1 fully saturated rings. The topological polar surface area (TPSA) is 81.5 Å². The van der Waals surface area contributed by atoms with Crippen LogP contribution in [0.5, 0.6) is 0 Å². The number of nitrogens with zero attached hydrogens (tertiary/aromatic N) is 3. The predicted octanol–water partition coefficient (Wildman–Crippen LogP) is 2.93. The SMILES string of the molecule is CCOC(=O)C1CCCN(C(=O)Cn2cnc3cc(-c4ccccc4)sc3c2=O)C1. The lowest BCUT2D eigenvalue weighted by atomic mass is 9.98. The number of amides is 1. The number of esters is 1. The number of hydrogen-bond acceptors (Lipinski definition) is 6. The predicted molar refractivity (Wildman–Crippen MR) is 115 cm³/mol. The quantitative estimate of drug-likeness (QED) is 0.587. The average molecular weight is 426 g/mol. The van der Waals surface area contributed by atoms with Crippen LogP contribution in [0.15, 0.2) is 47.5 Å². The van der Waals surface area contributed by atoms with Gasteiger partial charge < -0.3 is 9.64 Å². The molecule has 0 bridgehead atoms. The van der Waals surface area contributed by atoms with Gasteiger partial charge in [-0.25, -0.2) is 4.98 Å². The van der Waals surface area contributed by atoms with Gasteiger partial charge in [-0.15, -0.1) is 11.3 Å². The van der Waals surface area contributed by atoms with Crippen LogP contribution in [0, 0.1) is 5.92 Å². The van der Waals surface area contributed by atoms with Crippen molar-refractivity contribution < 1.29 is 14.3 Å². The van der Waals surface area contributed by atoms with Crippen molar-refractivity contribution in [3.05, 3.63) is 53.1 Å². The van der Waals surface area contributed by atoms with Gasteiger partial charge in [0.1, 0.15) is 11.2 Å². The second-order valence-corrected chi connectivity index (χ2v) is 8.35. The van der Waals surface area contributed by atoms with Gasteiger partial charge in [-0.2, -0.15) is 0 Å². The molecule has 1 aliphatic heterocycles. The first-order valence-electron chi connectivity index (χ1n) is 10.1. The molecule has 1 amide bonds. The summed E-state index contributed by atoms with van der Waals surface area (Å²) in [7, 11) is 0. The van der Waals surface area contributed by atoms with Crippen LogP contribution in [-0.4, -0.2) is 46.0 Å². The van der Waals surface area contributed by atoms with Crippen LogP contribution in [0.2, 0.25) is 0 Å². The number of benzene rings is 1. The van der Waals surface area contributed by atoms with E-state index in [1.54, 1.807) is 11.8 Å². The van der Waals surface area contributed by atoms with Crippen molar-refractivity contribution >= 4 is 33.4 Å². The number of aromatic nitrogens is 2. The normalized spacial score (nSPS) is 16.6. The smallest absolute Gasteiger partial charge is 0.310 e. The largest absolute Gasteiger partial charge is 0.466 e. The fraction of sp³-hybridized carbons (Fsp3) is 0.364. The number of fused-ring (bicyclic) bond motifs is 1. The van der Waals surface area contributed by atoms with Crippen LogP contribution in [-0.2, 0) is 20.9 Å². The Bertz CT molecular complexity index is 1120. The minimum atomic E-state index is -0.300. The molecule has 0 spiro atoms. The molecule has 0 N–H and O–H groups in total. The monoisotopic (exact) mass is 425 g/mol. The Hall–Kier alpha value is -3.00. The van der Waals surface area contributed by atoms with E-state index < -0.39 is 0 Å². The summed E-state index contributed by atoms with van der Waals surface area (Å²) in [4.78, 5) is 44.7. The zero-order chi connectivity index (χ0) is 21.1. The summed E-state index contributed by atoms with van der Waals surface area (Å²) in [6.07, 6.45) is 2.89. The van der Waals surface area contributed by atoms with E-state index in [2.05, 4.69) is 4.98 Å². The van der Waals surface area contributed by atoms with E-state index >= 15 is 0 Å². The van der Waals surface area contributed by atoms with Gasteiger partial charge in [0.25, 0.3) is 5.56 Å². The molecule has 4 rings (SSSR count). The lowest BCUT2D eigenvalue weighted by molar-refractivity contribution is -0.151. The van der Waals surface area contributed by atoms with Gasteiger partial charge in [0.15, 0.2) is 0 Å². The molecule has 8 heteroatoms. The highest BCUT2D eigenvalue weighted by molar-refractivity contribution is 7.22. The Morgan fingerprint density at radius 2 is 2.07 bits per heavy atom. The fourth-order valence-corrected chi connectivity index (χ4v) is 4.77. The number of hydrogen-bond donors (Lipinski definition) is 0. The van der Waals surface area contributed by atoms with E-state index in [9.17, 15) is 14.4 Å². The van der Waals surface area contributed by atoms with Crippen LogP contribution in [0.1, 0.15) is 19.8 Å². The number of rotatable bonds is 5. The third-order valence-corrected chi connectivity index (χ3v) is 6.42. The Kier molecular flexibility index (Phi) is 5.94. The first kappa shape index (κ1) is 20.3. The van der Waals surface area contributed by atoms with Crippen LogP contribution in [0.4, 0.5) is 0 Å². The standard InChI is InChI=1S/C22H23N3O4S/c1-2-29-22(28)16-9-6-10-24(12-16)19(26)13-25-14-23-17-11-18(30-20(17)21(25)27)15-7-4-3-5-8-15/h3-5,7-8,11,14,16H,2,6,9-10,12-13H2,1H3. The molecule has 1 unspecified atom stereocenters. The van der Waals surface area contributed by atoms with Gasteiger partial charge in [-0.3, -0.25) is 19.0 Å². The molecular formula is C22H23N3O4S. The second-order valence-electron chi connectivity index (χ2n) is 7.30. The highest BCUT2D eigenvalue weighted by Crippen LogP contribution is 2.30. The molecule has 2 aromatic heterocycles. The van der Waals surface area contributed by atoms with Gasteiger partial charge >= 0.3 is 5.97 Å². The summed E-state index contributed by atoms with van der Waals surface area (Å²) in [5.74, 6) is -0.750. The molecule has 1 atom stereocenters. The summed E-state index contributed by atoms with van der Waals surface area (Å²) in [6, 6.07) is 11.7. The van der Waals surface area contributed by atoms with Crippen molar-refractivity contribution in [2.45, 2.75) is 26.3 Å². The molecule has 1 saturated heterocycles. The third-order valence-electron chi connectivity index (χ3n) is 5.26. The van der Waals surface area contributed by atoms with E-state index in [0.29, 0.717) is 36.3 Å². The van der Waals surface area contributed by atoms with Gasteiger partial charge in [0, 0.05) is 18.0 Å². The fourth-order valence-electron chi connectivity index (χ4n) is 3.70. The third kappa shape index (κ3) is 4.14. The van der Waals surface area contributed by atoms with E-state index in [4.69, 9.17) is 4.74 Å². The molecule has 1 aromatic carbocycles. The number of carbonyl (C=O) groups is 2. The highest BCUT2D eigenvalue weighted by Gasteiger charge is 2.29. The van der Waals surface area contributed by atoms with Crippen LogP contribution in [0.3, 0.4) is 0 Å². The number of ether oxygens (including phenoxy) is 1. The van der Waals surface area contributed by atoms with Crippen LogP contribution < -0.4 is 5.56 Å². The molecule has 0 radical (unpaired) electrons. The number of carbonyl (C=O) groups excluding carboxylic acids is 2. The van der Waals surface area contributed by atoms with Crippen molar-refractivity contribution in [1.82, 2.24) is 14.5 Å². The molecule has 156 valence electrons. The first-order valence-corrected chi connectivity index (χ1v) is 10.9. The van der Waals surface area contributed by atoms with Crippen molar-refractivity contribution in [1.29, 1.82) is 0 Å². The summed E-state index contributed by atoms with van der Waals surface area (Å²) in [5, 5.41) is 0. The second kappa shape index (κ2) is 8.79. The van der Waals surface area contributed by atoms with Crippen molar-refractivity contribution in [2.75, 3.05) is 19.7 Å². The van der Waals surface area contributed by atoms with E-state index in [-0.39, 0.29) is 29.9 Å². The molecule has 0 aliphatic carbocycles. The molecule has 0 saturated carbocycles. The summed E-state index contributed by atoms with van der Waals surface area (Å²) in [5.41, 5.74) is 1.44. The van der Waals surface area contributed by atoms with Gasteiger partial charge in [0.05, 0.1) is 24.4 Å². The van der Waals surface area contributed by atoms with Crippen LogP contribution in [0.25, 0.3) is 20.7 Å². The lowest BCUT2D eigenvalue weighted by Gasteiger charge is -2.31. The van der Waals surface area contributed by atoms with E-state index in [1.807, 2.05) is 36.4 Å². The van der Waals surface area contributed by atoms with Gasteiger partial charge in [-0.1, -0.05) is 30.3 Å². The first-order chi connectivity index (χ1) is 14.6. The van der Waals surface area contributed by atoms with Crippen LogP contribution >= 0.6 is 11.3 Å². The van der Waals surface area contributed by atoms with Crippen molar-refractivity contribution in [3.8, 4) is 10.4 Å². The van der Waals surface area contributed by atoms with E-state index in [0.717, 1.165) is 16.9 Å². The molecule has 7 nitrogen and oxygen atoms in total. The van der Waals surface area contributed by atoms with Gasteiger partial charge in [0.2, 0.25) is 5.91 Å². The molecule has 3 heterocycles. The van der Waals surface area contributed by atoms with E-state index in [1.165, 1.54) is 22.2 Å². The summed E-state index contributed by atoms with van der Waals surface area (Å²) < 4.78 is 6.98. The Balaban J connectivity index is 1.52. The molecule has 3 aromatic rings. The Labute approximate surface area is 177 Å². The number of likely N-dealkylation sites (tertiary alicyclic amines) is 1. The summed E-state index contributed by atoms with van der Waals surface area (Å²) in [6.45, 7) is 2.93. The maximum absolute atomic E-state index is 12.9. The molecular weight excluding hydrogens is 402 g/mol. The number of piperidine rings is 1. The minimum Gasteiger partial charge on any atom is -0.466 e. The molecule has 30 heavy (non-hydrogen) atoms. The minimum absolute atomic E-state index is 0.0874. The van der Waals surface area contributed by atoms with Crippen molar-refractivity contribution in [2.24, 2.45) is 5.92 Å². The Morgan fingerprint density at radius 3 is 2.83 bits per heavy atom. The zero-order valence-corrected chi connectivity index (χ0v) is 17.6. The maximum atomic E-state index is 12.9. The van der Waals surface area contributed by atoms with Gasteiger partial charge in [-0.05, 0) is 31.4 Å². The molecule has 1 aliphatic rings. The lowest BCUT2D eigenvalue weighted by Crippen LogP contribution is -2.44. The average Bonchev–Trinajstić information content (AvgIpc) is 3.22. The summed E-state index contributed by atoms with van der Waals surface area (Å²) >= 11 is 1.38. The zero-order valence-electron chi connectivity index (χ0n) is 16.7. The maximum Gasteiger partial charge on any atom is 0.310 e. The number of thiophene rings is 1. The van der Waals surface area contributed by atoms with Crippen molar-refractivity contribution in [3.63, 3.8) is 0 Å². The Morgan fingerprint density at radius 1 is 1.27 bits per heavy atom.